The third-order valence-electron chi connectivity index (χ3n) is 5.40. The van der Waals surface area contributed by atoms with Crippen molar-refractivity contribution in [3.8, 4) is 11.1 Å². The number of carbonyl (C=O) groups excluding carboxylic acids is 2. The molecule has 0 radical (unpaired) electrons. The van der Waals surface area contributed by atoms with E-state index in [1.54, 1.807) is 0 Å². The summed E-state index contributed by atoms with van der Waals surface area (Å²) in [7, 11) is 3.94. The van der Waals surface area contributed by atoms with Gasteiger partial charge in [-0.15, -0.1) is 0 Å². The van der Waals surface area contributed by atoms with E-state index in [0.717, 1.165) is 44.8 Å². The van der Waals surface area contributed by atoms with Crippen LogP contribution in [0, 0.1) is 6.92 Å². The number of aromatic amines is 1. The third kappa shape index (κ3) is 4.40. The first-order chi connectivity index (χ1) is 15.3. The molecule has 0 saturated carbocycles. The summed E-state index contributed by atoms with van der Waals surface area (Å²) in [6.45, 7) is 3.18. The van der Waals surface area contributed by atoms with E-state index in [0.29, 0.717) is 17.7 Å². The Morgan fingerprint density at radius 1 is 1.16 bits per heavy atom. The summed E-state index contributed by atoms with van der Waals surface area (Å²) < 4.78 is 0.894. The molecular formula is C25H25BrN4O2. The lowest BCUT2D eigenvalue weighted by Crippen LogP contribution is -2.31. The van der Waals surface area contributed by atoms with Gasteiger partial charge in [0.05, 0.1) is 11.1 Å². The van der Waals surface area contributed by atoms with Crippen molar-refractivity contribution >= 4 is 45.1 Å². The fourth-order valence-corrected chi connectivity index (χ4v) is 4.24. The van der Waals surface area contributed by atoms with Gasteiger partial charge in [-0.05, 0) is 50.9 Å². The van der Waals surface area contributed by atoms with E-state index in [1.807, 2.05) is 80.5 Å². The molecule has 3 N–H and O–H groups in total. The van der Waals surface area contributed by atoms with Crippen LogP contribution in [0.5, 0.6) is 0 Å². The monoisotopic (exact) mass is 492 g/mol. The van der Waals surface area contributed by atoms with E-state index >= 15 is 0 Å². The summed E-state index contributed by atoms with van der Waals surface area (Å²) in [6, 6.07) is 15.5. The van der Waals surface area contributed by atoms with Gasteiger partial charge in [-0.2, -0.15) is 0 Å². The van der Waals surface area contributed by atoms with Crippen molar-refractivity contribution < 1.29 is 9.59 Å². The Bertz CT molecular complexity index is 1210. The number of benzene rings is 2. The smallest absolute Gasteiger partial charge is 0.256 e. The van der Waals surface area contributed by atoms with Crippen LogP contribution in [0.25, 0.3) is 22.8 Å². The van der Waals surface area contributed by atoms with Crippen molar-refractivity contribution in [2.45, 2.75) is 6.92 Å². The molecule has 2 aromatic carbocycles. The molecular weight excluding hydrogens is 468 g/mol. The maximum absolute atomic E-state index is 13.1. The van der Waals surface area contributed by atoms with E-state index in [1.165, 1.54) is 0 Å². The average molecular weight is 493 g/mol. The minimum Gasteiger partial charge on any atom is -0.358 e. The Morgan fingerprint density at radius 2 is 1.91 bits per heavy atom. The predicted molar refractivity (Wildman–Crippen MR) is 132 cm³/mol. The number of rotatable bonds is 6. The first-order valence-electron chi connectivity index (χ1n) is 10.4. The molecule has 7 heteroatoms. The Morgan fingerprint density at radius 3 is 2.62 bits per heavy atom. The SMILES string of the molecule is Cc1[nH]c(/C=C2\C(=O)Nc3ccc(Br)cc32)c(-c2ccccc2)c1C(=O)NCCN(C)C. The molecule has 6 nitrogen and oxygen atoms in total. The van der Waals surface area contributed by atoms with Gasteiger partial charge in [-0.3, -0.25) is 9.59 Å². The topological polar surface area (TPSA) is 77.2 Å². The second-order valence-corrected chi connectivity index (χ2v) is 8.96. The van der Waals surface area contributed by atoms with Crippen LogP contribution in [0.3, 0.4) is 0 Å². The Kier molecular flexibility index (Phi) is 6.30. The highest BCUT2D eigenvalue weighted by Crippen LogP contribution is 2.38. The van der Waals surface area contributed by atoms with Gasteiger partial charge in [0.1, 0.15) is 0 Å². The van der Waals surface area contributed by atoms with Crippen LogP contribution in [-0.2, 0) is 4.79 Å². The lowest BCUT2D eigenvalue weighted by atomic mass is 9.97. The van der Waals surface area contributed by atoms with E-state index < -0.39 is 0 Å². The van der Waals surface area contributed by atoms with Gasteiger partial charge in [0, 0.05) is 45.8 Å². The lowest BCUT2D eigenvalue weighted by Gasteiger charge is -2.12. The van der Waals surface area contributed by atoms with Crippen molar-refractivity contribution in [1.29, 1.82) is 0 Å². The zero-order valence-electron chi connectivity index (χ0n) is 18.3. The Balaban J connectivity index is 1.82. The van der Waals surface area contributed by atoms with Crippen LogP contribution < -0.4 is 10.6 Å². The molecule has 3 aromatic rings. The maximum atomic E-state index is 13.1. The second kappa shape index (κ2) is 9.14. The number of likely N-dealkylation sites (N-methyl/N-ethyl adjacent to an activating group) is 1. The highest BCUT2D eigenvalue weighted by atomic mass is 79.9. The van der Waals surface area contributed by atoms with Crippen molar-refractivity contribution in [2.24, 2.45) is 0 Å². The van der Waals surface area contributed by atoms with Crippen LogP contribution in [0.15, 0.2) is 53.0 Å². The van der Waals surface area contributed by atoms with E-state index in [4.69, 9.17) is 0 Å². The number of amides is 2. The van der Waals surface area contributed by atoms with Gasteiger partial charge in [0.15, 0.2) is 0 Å². The summed E-state index contributed by atoms with van der Waals surface area (Å²) in [4.78, 5) is 31.2. The molecule has 32 heavy (non-hydrogen) atoms. The summed E-state index contributed by atoms with van der Waals surface area (Å²) in [5.74, 6) is -0.301. The molecule has 1 aliphatic heterocycles. The number of carbonyl (C=O) groups is 2. The lowest BCUT2D eigenvalue weighted by molar-refractivity contribution is -0.110. The zero-order chi connectivity index (χ0) is 22.8. The van der Waals surface area contributed by atoms with Crippen LogP contribution in [0.1, 0.15) is 27.3 Å². The normalized spacial score (nSPS) is 14.0. The quantitative estimate of drug-likeness (QED) is 0.442. The highest BCUT2D eigenvalue weighted by molar-refractivity contribution is 9.10. The largest absolute Gasteiger partial charge is 0.358 e. The number of nitrogens with one attached hydrogen (secondary N) is 3. The number of hydrogen-bond donors (Lipinski definition) is 3. The standard InChI is InChI=1S/C25H25BrN4O2/c1-15-22(25(32)27-11-12-30(2)3)23(16-7-5-4-6-8-16)21(28-15)14-19-18-13-17(26)9-10-20(18)29-24(19)31/h4-10,13-14,28H,11-12H2,1-3H3,(H,27,32)(H,29,31)/b19-14-. The number of fused-ring (bicyclic) bond motifs is 1. The zero-order valence-corrected chi connectivity index (χ0v) is 19.8. The molecule has 1 aromatic heterocycles. The first-order valence-corrected chi connectivity index (χ1v) is 11.2. The predicted octanol–water partition coefficient (Wildman–Crippen LogP) is 4.54. The first kappa shape index (κ1) is 22.0. The van der Waals surface area contributed by atoms with Crippen LogP contribution >= 0.6 is 15.9 Å². The Hall–Kier alpha value is -3.16. The number of nitrogens with zero attached hydrogens (tertiary/aromatic N) is 1. The van der Waals surface area contributed by atoms with Crippen LogP contribution in [0.4, 0.5) is 5.69 Å². The molecule has 0 spiro atoms. The molecule has 0 fully saturated rings. The van der Waals surface area contributed by atoms with Gasteiger partial charge in [-0.1, -0.05) is 46.3 Å². The molecule has 164 valence electrons. The van der Waals surface area contributed by atoms with Crippen molar-refractivity contribution in [2.75, 3.05) is 32.5 Å². The third-order valence-corrected chi connectivity index (χ3v) is 5.90. The van der Waals surface area contributed by atoms with Gasteiger partial charge in [0.25, 0.3) is 11.8 Å². The van der Waals surface area contributed by atoms with E-state index in [-0.39, 0.29) is 11.8 Å². The summed E-state index contributed by atoms with van der Waals surface area (Å²) in [5.41, 5.74) is 5.93. The fraction of sp³-hybridized carbons (Fsp3) is 0.200. The minimum absolute atomic E-state index is 0.136. The Labute approximate surface area is 195 Å². The summed E-state index contributed by atoms with van der Waals surface area (Å²) >= 11 is 3.49. The molecule has 2 heterocycles. The molecule has 0 atom stereocenters. The number of aryl methyl sites for hydroxylation is 1. The molecule has 0 saturated heterocycles. The number of hydrogen-bond acceptors (Lipinski definition) is 3. The molecule has 4 rings (SSSR count). The van der Waals surface area contributed by atoms with Gasteiger partial charge in [-0.25, -0.2) is 0 Å². The molecule has 0 bridgehead atoms. The molecule has 1 aliphatic rings. The van der Waals surface area contributed by atoms with Gasteiger partial charge < -0.3 is 20.5 Å². The van der Waals surface area contributed by atoms with Crippen molar-refractivity contribution in [1.82, 2.24) is 15.2 Å². The number of anilines is 1. The fourth-order valence-electron chi connectivity index (χ4n) is 3.88. The van der Waals surface area contributed by atoms with E-state index in [9.17, 15) is 9.59 Å². The van der Waals surface area contributed by atoms with Crippen molar-refractivity contribution in [3.63, 3.8) is 0 Å². The number of H-pyrrole nitrogens is 1. The van der Waals surface area contributed by atoms with Crippen LogP contribution in [0.2, 0.25) is 0 Å². The molecule has 0 aliphatic carbocycles. The number of aromatic nitrogens is 1. The van der Waals surface area contributed by atoms with Gasteiger partial charge >= 0.3 is 0 Å². The summed E-state index contributed by atoms with van der Waals surface area (Å²) in [6.07, 6.45) is 1.83. The molecule has 2 amide bonds. The van der Waals surface area contributed by atoms with Crippen LogP contribution in [-0.4, -0.2) is 48.9 Å². The van der Waals surface area contributed by atoms with E-state index in [2.05, 4.69) is 31.5 Å². The van der Waals surface area contributed by atoms with Gasteiger partial charge in [0.2, 0.25) is 0 Å². The summed E-state index contributed by atoms with van der Waals surface area (Å²) in [5, 5.41) is 5.92. The average Bonchev–Trinajstić information content (AvgIpc) is 3.24. The highest BCUT2D eigenvalue weighted by Gasteiger charge is 2.27. The maximum Gasteiger partial charge on any atom is 0.256 e. The van der Waals surface area contributed by atoms with Crippen molar-refractivity contribution in [3.05, 3.63) is 75.5 Å². The second-order valence-electron chi connectivity index (χ2n) is 8.04. The number of halogens is 1. The minimum atomic E-state index is -0.165. The molecule has 0 unspecified atom stereocenters.